The van der Waals surface area contributed by atoms with Gasteiger partial charge >= 0.3 is 0 Å². The molecule has 0 aliphatic heterocycles. The van der Waals surface area contributed by atoms with Crippen molar-refractivity contribution in [2.24, 2.45) is 0 Å². The molecule has 0 fully saturated rings. The lowest BCUT2D eigenvalue weighted by Crippen LogP contribution is -2.06. The van der Waals surface area contributed by atoms with E-state index in [4.69, 9.17) is 5.73 Å². The van der Waals surface area contributed by atoms with Crippen molar-refractivity contribution in [3.63, 3.8) is 0 Å². The Morgan fingerprint density at radius 2 is 2.18 bits per heavy atom. The second kappa shape index (κ2) is 5.25. The molecule has 88 valence electrons. The van der Waals surface area contributed by atoms with Gasteiger partial charge in [-0.1, -0.05) is 13.0 Å². The predicted octanol–water partition coefficient (Wildman–Crippen LogP) is 1.63. The second-order valence-corrected chi connectivity index (χ2v) is 3.62. The lowest BCUT2D eigenvalue weighted by molar-refractivity contribution is 0.932. The van der Waals surface area contributed by atoms with Crippen molar-refractivity contribution in [2.45, 2.75) is 19.9 Å². The van der Waals surface area contributed by atoms with E-state index in [1.807, 2.05) is 25.1 Å². The Morgan fingerprint density at radius 1 is 1.29 bits per heavy atom. The zero-order valence-electron chi connectivity index (χ0n) is 9.72. The summed E-state index contributed by atoms with van der Waals surface area (Å²) in [7, 11) is 0. The summed E-state index contributed by atoms with van der Waals surface area (Å²) in [5, 5.41) is 3.18. The fraction of sp³-hybridized carbons (Fsp3) is 0.250. The topological polar surface area (TPSA) is 76.7 Å². The molecule has 0 aliphatic carbocycles. The average molecular weight is 229 g/mol. The van der Waals surface area contributed by atoms with E-state index in [-0.39, 0.29) is 0 Å². The minimum absolute atomic E-state index is 0.486. The maximum atomic E-state index is 5.70. The van der Waals surface area contributed by atoms with Crippen LogP contribution in [0.2, 0.25) is 0 Å². The Bertz CT molecular complexity index is 484. The molecule has 2 rings (SSSR count). The fourth-order valence-corrected chi connectivity index (χ4v) is 1.45. The fourth-order valence-electron chi connectivity index (χ4n) is 1.45. The van der Waals surface area contributed by atoms with Crippen molar-refractivity contribution in [1.82, 2.24) is 15.0 Å². The smallest absolute Gasteiger partial charge is 0.132 e. The van der Waals surface area contributed by atoms with E-state index in [2.05, 4.69) is 20.3 Å². The molecular weight excluding hydrogens is 214 g/mol. The van der Waals surface area contributed by atoms with Crippen LogP contribution in [-0.2, 0) is 13.0 Å². The summed E-state index contributed by atoms with van der Waals surface area (Å²) in [6.07, 6.45) is 2.53. The van der Waals surface area contributed by atoms with Crippen LogP contribution in [-0.4, -0.2) is 15.0 Å². The lowest BCUT2D eigenvalue weighted by atomic mass is 10.3. The molecule has 0 atom stereocenters. The SMILES string of the molecule is CCc1nc(N)cc(NCc2ccccn2)n1. The Hall–Kier alpha value is -2.17. The van der Waals surface area contributed by atoms with Gasteiger partial charge in [-0.3, -0.25) is 4.98 Å². The van der Waals surface area contributed by atoms with Crippen LogP contribution in [0, 0.1) is 0 Å². The van der Waals surface area contributed by atoms with Crippen molar-refractivity contribution in [3.05, 3.63) is 42.0 Å². The third-order valence-corrected chi connectivity index (χ3v) is 2.29. The average Bonchev–Trinajstić information content (AvgIpc) is 2.37. The minimum Gasteiger partial charge on any atom is -0.384 e. The Balaban J connectivity index is 2.06. The van der Waals surface area contributed by atoms with E-state index in [0.29, 0.717) is 12.4 Å². The van der Waals surface area contributed by atoms with Crippen molar-refractivity contribution in [2.75, 3.05) is 11.1 Å². The van der Waals surface area contributed by atoms with Gasteiger partial charge in [0, 0.05) is 18.7 Å². The molecule has 5 nitrogen and oxygen atoms in total. The zero-order chi connectivity index (χ0) is 12.1. The third kappa shape index (κ3) is 3.14. The first kappa shape index (κ1) is 11.3. The number of nitrogens with zero attached hydrogens (tertiary/aromatic N) is 3. The van der Waals surface area contributed by atoms with Crippen molar-refractivity contribution in [1.29, 1.82) is 0 Å². The number of anilines is 2. The van der Waals surface area contributed by atoms with Crippen LogP contribution >= 0.6 is 0 Å². The summed E-state index contributed by atoms with van der Waals surface area (Å²) >= 11 is 0. The van der Waals surface area contributed by atoms with Crippen LogP contribution in [0.25, 0.3) is 0 Å². The maximum absolute atomic E-state index is 5.70. The van der Waals surface area contributed by atoms with E-state index in [1.165, 1.54) is 0 Å². The van der Waals surface area contributed by atoms with E-state index in [0.717, 1.165) is 23.8 Å². The molecule has 0 unspecified atom stereocenters. The second-order valence-electron chi connectivity index (χ2n) is 3.62. The lowest BCUT2D eigenvalue weighted by Gasteiger charge is -2.07. The van der Waals surface area contributed by atoms with Crippen LogP contribution in [0.15, 0.2) is 30.5 Å². The van der Waals surface area contributed by atoms with Gasteiger partial charge in [0.25, 0.3) is 0 Å². The van der Waals surface area contributed by atoms with Gasteiger partial charge < -0.3 is 11.1 Å². The number of nitrogens with two attached hydrogens (primary N) is 1. The van der Waals surface area contributed by atoms with Gasteiger partial charge in [0.2, 0.25) is 0 Å². The standard InChI is InChI=1S/C12H15N5/c1-2-11-16-10(13)7-12(17-11)15-8-9-5-3-4-6-14-9/h3-7H,2,8H2,1H3,(H3,13,15,16,17). The van der Waals surface area contributed by atoms with Gasteiger partial charge in [0.15, 0.2) is 0 Å². The first-order valence-electron chi connectivity index (χ1n) is 5.55. The van der Waals surface area contributed by atoms with Gasteiger partial charge in [-0.25, -0.2) is 9.97 Å². The number of hydrogen-bond acceptors (Lipinski definition) is 5. The molecule has 3 N–H and O–H groups in total. The molecule has 0 aliphatic rings. The number of pyridine rings is 1. The van der Waals surface area contributed by atoms with Crippen LogP contribution in [0.4, 0.5) is 11.6 Å². The molecule has 0 amide bonds. The van der Waals surface area contributed by atoms with Crippen molar-refractivity contribution in [3.8, 4) is 0 Å². The van der Waals surface area contributed by atoms with Crippen LogP contribution in [0.1, 0.15) is 18.4 Å². The number of rotatable bonds is 4. The molecule has 0 aromatic carbocycles. The summed E-state index contributed by atoms with van der Waals surface area (Å²) in [5.41, 5.74) is 6.66. The normalized spacial score (nSPS) is 10.2. The number of nitrogen functional groups attached to an aromatic ring is 1. The molecular formula is C12H15N5. The Labute approximate surface area is 100 Å². The Kier molecular flexibility index (Phi) is 3.49. The highest BCUT2D eigenvalue weighted by molar-refractivity contribution is 5.44. The molecule has 0 saturated heterocycles. The van der Waals surface area contributed by atoms with Gasteiger partial charge in [-0.15, -0.1) is 0 Å². The molecule has 5 heteroatoms. The number of hydrogen-bond donors (Lipinski definition) is 2. The highest BCUT2D eigenvalue weighted by atomic mass is 15.0. The van der Waals surface area contributed by atoms with Gasteiger partial charge in [-0.05, 0) is 12.1 Å². The highest BCUT2D eigenvalue weighted by Crippen LogP contribution is 2.09. The first-order chi connectivity index (χ1) is 8.28. The molecule has 17 heavy (non-hydrogen) atoms. The quantitative estimate of drug-likeness (QED) is 0.833. The van der Waals surface area contributed by atoms with Crippen molar-refractivity contribution >= 4 is 11.6 Å². The van der Waals surface area contributed by atoms with E-state index < -0.39 is 0 Å². The summed E-state index contributed by atoms with van der Waals surface area (Å²) in [5.74, 6) is 1.97. The summed E-state index contributed by atoms with van der Waals surface area (Å²) in [6, 6.07) is 7.53. The summed E-state index contributed by atoms with van der Waals surface area (Å²) in [4.78, 5) is 12.7. The predicted molar refractivity (Wildman–Crippen MR) is 67.4 cm³/mol. The van der Waals surface area contributed by atoms with E-state index in [9.17, 15) is 0 Å². The molecule has 2 aromatic rings. The maximum Gasteiger partial charge on any atom is 0.132 e. The van der Waals surface area contributed by atoms with E-state index >= 15 is 0 Å². The van der Waals surface area contributed by atoms with Crippen LogP contribution in [0.5, 0.6) is 0 Å². The monoisotopic (exact) mass is 229 g/mol. The van der Waals surface area contributed by atoms with Gasteiger partial charge in [-0.2, -0.15) is 0 Å². The van der Waals surface area contributed by atoms with Gasteiger partial charge in [0.05, 0.1) is 12.2 Å². The molecule has 2 heterocycles. The third-order valence-electron chi connectivity index (χ3n) is 2.29. The molecule has 0 bridgehead atoms. The van der Waals surface area contributed by atoms with Crippen LogP contribution in [0.3, 0.4) is 0 Å². The number of aryl methyl sites for hydroxylation is 1. The summed E-state index contributed by atoms with van der Waals surface area (Å²) < 4.78 is 0. The highest BCUT2D eigenvalue weighted by Gasteiger charge is 2.01. The minimum atomic E-state index is 0.486. The van der Waals surface area contributed by atoms with Crippen molar-refractivity contribution < 1.29 is 0 Å². The Morgan fingerprint density at radius 3 is 2.88 bits per heavy atom. The zero-order valence-corrected chi connectivity index (χ0v) is 9.72. The molecule has 0 spiro atoms. The van der Waals surface area contributed by atoms with Gasteiger partial charge in [0.1, 0.15) is 17.5 Å². The largest absolute Gasteiger partial charge is 0.384 e. The number of aromatic nitrogens is 3. The van der Waals surface area contributed by atoms with Crippen LogP contribution < -0.4 is 11.1 Å². The summed E-state index contributed by atoms with van der Waals surface area (Å²) in [6.45, 7) is 2.62. The molecule has 0 radical (unpaired) electrons. The molecule has 2 aromatic heterocycles. The van der Waals surface area contributed by atoms with E-state index in [1.54, 1.807) is 12.3 Å². The number of nitrogens with one attached hydrogen (secondary N) is 1. The first-order valence-corrected chi connectivity index (χ1v) is 5.55. The molecule has 0 saturated carbocycles.